The van der Waals surface area contributed by atoms with Crippen molar-refractivity contribution >= 4 is 43.6 Å². The molecule has 1 fully saturated rings. The van der Waals surface area contributed by atoms with E-state index in [1.165, 1.54) is 0 Å². The molecule has 0 atom stereocenters. The quantitative estimate of drug-likeness (QED) is 0.393. The van der Waals surface area contributed by atoms with Crippen molar-refractivity contribution in [2.75, 3.05) is 0 Å². The van der Waals surface area contributed by atoms with Crippen LogP contribution >= 0.6 is 15.9 Å². The van der Waals surface area contributed by atoms with E-state index in [4.69, 9.17) is 10.7 Å². The van der Waals surface area contributed by atoms with Gasteiger partial charge in [0.1, 0.15) is 0 Å². The minimum absolute atomic E-state index is 0.0451. The third-order valence-corrected chi connectivity index (χ3v) is 6.48. The van der Waals surface area contributed by atoms with Crippen LogP contribution in [0.4, 0.5) is 0 Å². The number of pyridine rings is 1. The van der Waals surface area contributed by atoms with Crippen LogP contribution in [0, 0.1) is 0 Å². The molecule has 0 aliphatic heterocycles. The van der Waals surface area contributed by atoms with Crippen LogP contribution in [0.2, 0.25) is 0 Å². The second kappa shape index (κ2) is 7.85. The van der Waals surface area contributed by atoms with Crippen molar-refractivity contribution in [2.24, 2.45) is 5.73 Å². The molecule has 0 bridgehead atoms. The van der Waals surface area contributed by atoms with E-state index in [-0.39, 0.29) is 18.0 Å². The molecule has 0 saturated heterocycles. The molecule has 4 N–H and O–H groups in total. The van der Waals surface area contributed by atoms with Crippen LogP contribution in [0.3, 0.4) is 0 Å². The van der Waals surface area contributed by atoms with Gasteiger partial charge in [-0.1, -0.05) is 34.1 Å². The van der Waals surface area contributed by atoms with Crippen molar-refractivity contribution < 1.29 is 4.79 Å². The number of fused-ring (bicyclic) bond motifs is 2. The van der Waals surface area contributed by atoms with Gasteiger partial charge in [0.15, 0.2) is 0 Å². The molecule has 5 nitrogen and oxygen atoms in total. The van der Waals surface area contributed by atoms with Gasteiger partial charge in [-0.3, -0.25) is 4.79 Å². The molecule has 30 heavy (non-hydrogen) atoms. The highest BCUT2D eigenvalue weighted by Crippen LogP contribution is 2.32. The molecule has 0 unspecified atom stereocenters. The molecule has 0 spiro atoms. The molecule has 1 amide bonds. The predicted molar refractivity (Wildman–Crippen MR) is 124 cm³/mol. The number of benzene rings is 2. The van der Waals surface area contributed by atoms with Gasteiger partial charge in [0.25, 0.3) is 5.91 Å². The molecule has 152 valence electrons. The first-order valence-corrected chi connectivity index (χ1v) is 11.1. The maximum atomic E-state index is 13.3. The standard InChI is InChI=1S/C24H23BrN4O/c25-14-5-10-21-18(11-14)20(13-27-21)23-12-19(17-3-1-2-4-22(17)29-23)24(30)28-16-8-6-15(26)7-9-16/h1-5,10-13,15-16,27H,6-9,26H2,(H,28,30). The van der Waals surface area contributed by atoms with Gasteiger partial charge in [-0.2, -0.15) is 0 Å². The van der Waals surface area contributed by atoms with Crippen LogP contribution in [0.25, 0.3) is 33.1 Å². The molecule has 5 rings (SSSR count). The summed E-state index contributed by atoms with van der Waals surface area (Å²) in [7, 11) is 0. The monoisotopic (exact) mass is 462 g/mol. The van der Waals surface area contributed by atoms with Crippen molar-refractivity contribution in [2.45, 2.75) is 37.8 Å². The van der Waals surface area contributed by atoms with Gasteiger partial charge in [0, 0.05) is 44.6 Å². The molecule has 1 saturated carbocycles. The van der Waals surface area contributed by atoms with E-state index in [2.05, 4.69) is 32.3 Å². The number of hydrogen-bond donors (Lipinski definition) is 3. The van der Waals surface area contributed by atoms with E-state index < -0.39 is 0 Å². The number of H-pyrrole nitrogens is 1. The molecule has 6 heteroatoms. The fourth-order valence-corrected chi connectivity index (χ4v) is 4.69. The summed E-state index contributed by atoms with van der Waals surface area (Å²) in [6.07, 6.45) is 5.73. The first-order chi connectivity index (χ1) is 14.6. The zero-order chi connectivity index (χ0) is 20.7. The van der Waals surface area contributed by atoms with Gasteiger partial charge in [-0.05, 0) is 56.0 Å². The minimum atomic E-state index is -0.0451. The number of carbonyl (C=O) groups excluding carboxylic acids is 1. The van der Waals surface area contributed by atoms with Crippen LogP contribution < -0.4 is 11.1 Å². The second-order valence-electron chi connectivity index (χ2n) is 8.05. The van der Waals surface area contributed by atoms with Gasteiger partial charge >= 0.3 is 0 Å². The second-order valence-corrected chi connectivity index (χ2v) is 8.97. The highest BCUT2D eigenvalue weighted by Gasteiger charge is 2.22. The Labute approximate surface area is 183 Å². The van der Waals surface area contributed by atoms with Crippen molar-refractivity contribution in [3.05, 3.63) is 64.8 Å². The van der Waals surface area contributed by atoms with Gasteiger partial charge in [-0.25, -0.2) is 4.98 Å². The first-order valence-electron chi connectivity index (χ1n) is 10.3. The lowest BCUT2D eigenvalue weighted by Crippen LogP contribution is -2.40. The zero-order valence-corrected chi connectivity index (χ0v) is 18.1. The maximum Gasteiger partial charge on any atom is 0.252 e. The number of amides is 1. The lowest BCUT2D eigenvalue weighted by Gasteiger charge is -2.27. The summed E-state index contributed by atoms with van der Waals surface area (Å²) in [4.78, 5) is 21.4. The van der Waals surface area contributed by atoms with E-state index in [9.17, 15) is 4.79 Å². The zero-order valence-electron chi connectivity index (χ0n) is 16.5. The Bertz CT molecular complexity index is 1240. The normalized spacial score (nSPS) is 19.3. The third-order valence-electron chi connectivity index (χ3n) is 5.99. The molecule has 2 heterocycles. The number of aromatic nitrogens is 2. The van der Waals surface area contributed by atoms with Gasteiger partial charge in [-0.15, -0.1) is 0 Å². The number of nitrogens with two attached hydrogens (primary N) is 1. The summed E-state index contributed by atoms with van der Waals surface area (Å²) < 4.78 is 1.00. The van der Waals surface area contributed by atoms with E-state index in [0.717, 1.165) is 63.2 Å². The van der Waals surface area contributed by atoms with Crippen LogP contribution in [-0.4, -0.2) is 28.0 Å². The first kappa shape index (κ1) is 19.3. The van der Waals surface area contributed by atoms with Gasteiger partial charge in [0.2, 0.25) is 0 Å². The molecule has 2 aromatic heterocycles. The topological polar surface area (TPSA) is 83.8 Å². The Morgan fingerprint density at radius 2 is 1.87 bits per heavy atom. The van der Waals surface area contributed by atoms with E-state index in [1.54, 1.807) is 0 Å². The number of halogens is 1. The number of para-hydroxylation sites is 1. The summed E-state index contributed by atoms with van der Waals surface area (Å²) in [5, 5.41) is 5.17. The van der Waals surface area contributed by atoms with Crippen molar-refractivity contribution in [3.8, 4) is 11.3 Å². The van der Waals surface area contributed by atoms with Crippen molar-refractivity contribution in [3.63, 3.8) is 0 Å². The van der Waals surface area contributed by atoms with Crippen LogP contribution in [0.5, 0.6) is 0 Å². The van der Waals surface area contributed by atoms with Crippen molar-refractivity contribution in [1.82, 2.24) is 15.3 Å². The van der Waals surface area contributed by atoms with E-state index in [0.29, 0.717) is 5.56 Å². The van der Waals surface area contributed by atoms with Crippen LogP contribution in [-0.2, 0) is 0 Å². The molecular weight excluding hydrogens is 440 g/mol. The summed E-state index contributed by atoms with van der Waals surface area (Å²) in [6.45, 7) is 0. The van der Waals surface area contributed by atoms with E-state index >= 15 is 0 Å². The molecule has 1 aliphatic rings. The summed E-state index contributed by atoms with van der Waals surface area (Å²) in [5.74, 6) is -0.0451. The Hall–Kier alpha value is -2.70. The number of rotatable bonds is 3. The Kier molecular flexibility index (Phi) is 5.05. The lowest BCUT2D eigenvalue weighted by molar-refractivity contribution is 0.0927. The highest BCUT2D eigenvalue weighted by atomic mass is 79.9. The number of carbonyl (C=O) groups is 1. The van der Waals surface area contributed by atoms with Crippen molar-refractivity contribution in [1.29, 1.82) is 0 Å². The number of nitrogens with one attached hydrogen (secondary N) is 2. The Morgan fingerprint density at radius 1 is 1.07 bits per heavy atom. The predicted octanol–water partition coefficient (Wildman–Crippen LogP) is 5.15. The number of aromatic amines is 1. The highest BCUT2D eigenvalue weighted by molar-refractivity contribution is 9.10. The summed E-state index contributed by atoms with van der Waals surface area (Å²) in [6, 6.07) is 16.3. The van der Waals surface area contributed by atoms with E-state index in [1.807, 2.05) is 48.7 Å². The average molecular weight is 463 g/mol. The fourth-order valence-electron chi connectivity index (χ4n) is 4.33. The minimum Gasteiger partial charge on any atom is -0.360 e. The van der Waals surface area contributed by atoms with Gasteiger partial charge in [0.05, 0.1) is 16.8 Å². The lowest BCUT2D eigenvalue weighted by atomic mass is 9.91. The Balaban J connectivity index is 1.57. The Morgan fingerprint density at radius 3 is 2.70 bits per heavy atom. The molecule has 1 aliphatic carbocycles. The molecular formula is C24H23BrN4O. The third kappa shape index (κ3) is 3.61. The van der Waals surface area contributed by atoms with Gasteiger partial charge < -0.3 is 16.0 Å². The maximum absolute atomic E-state index is 13.3. The summed E-state index contributed by atoms with van der Waals surface area (Å²) >= 11 is 3.55. The fraction of sp³-hybridized carbons (Fsp3) is 0.250. The van der Waals surface area contributed by atoms with Crippen LogP contribution in [0.15, 0.2) is 59.2 Å². The molecule has 4 aromatic rings. The summed E-state index contributed by atoms with van der Waals surface area (Å²) in [5.41, 5.74) is 10.3. The number of hydrogen-bond acceptors (Lipinski definition) is 3. The largest absolute Gasteiger partial charge is 0.360 e. The molecule has 0 radical (unpaired) electrons. The smallest absolute Gasteiger partial charge is 0.252 e. The SMILES string of the molecule is NC1CCC(NC(=O)c2cc(-c3c[nH]c4ccc(Br)cc34)nc3ccccc23)CC1. The molecule has 2 aromatic carbocycles. The van der Waals surface area contributed by atoms with Crippen LogP contribution in [0.1, 0.15) is 36.0 Å². The number of nitrogens with zero attached hydrogens (tertiary/aromatic N) is 1. The average Bonchev–Trinajstić information content (AvgIpc) is 3.17.